The average molecular weight is 340 g/mol. The molecule has 0 aromatic heterocycles. The van der Waals surface area contributed by atoms with Gasteiger partial charge in [0, 0.05) is 18.3 Å². The van der Waals surface area contributed by atoms with E-state index in [1.165, 1.54) is 5.56 Å². The summed E-state index contributed by atoms with van der Waals surface area (Å²) < 4.78 is 38.1. The predicted octanol–water partition coefficient (Wildman–Crippen LogP) is 3.68. The Kier molecular flexibility index (Phi) is 5.13. The first-order valence-electron chi connectivity index (χ1n) is 8.63. The van der Waals surface area contributed by atoms with Crippen molar-refractivity contribution in [3.05, 3.63) is 29.8 Å². The number of aryl methyl sites for hydroxylation is 1. The number of nitrogens with zero attached hydrogens (tertiary/aromatic N) is 1. The lowest BCUT2D eigenvalue weighted by Gasteiger charge is -2.32. The number of para-hydroxylation sites is 1. The zero-order chi connectivity index (χ0) is 17.2. The molecule has 1 aliphatic carbocycles. The van der Waals surface area contributed by atoms with E-state index < -0.39 is 12.1 Å². The van der Waals surface area contributed by atoms with Crippen LogP contribution in [0.4, 0.5) is 18.9 Å². The summed E-state index contributed by atoms with van der Waals surface area (Å²) in [5, 5.41) is 3.16. The third-order valence-electron chi connectivity index (χ3n) is 5.14. The Bertz CT molecular complexity index is 580. The molecule has 1 fully saturated rings. The summed E-state index contributed by atoms with van der Waals surface area (Å²) in [4.78, 5) is 14.3. The van der Waals surface area contributed by atoms with Gasteiger partial charge in [-0.2, -0.15) is 13.2 Å². The first kappa shape index (κ1) is 17.3. The van der Waals surface area contributed by atoms with Crippen LogP contribution >= 0.6 is 0 Å². The maximum absolute atomic E-state index is 12.7. The van der Waals surface area contributed by atoms with Crippen LogP contribution in [0, 0.1) is 5.92 Å². The van der Waals surface area contributed by atoms with Crippen LogP contribution in [-0.4, -0.2) is 31.2 Å². The van der Waals surface area contributed by atoms with Gasteiger partial charge in [-0.1, -0.05) is 18.2 Å². The molecule has 2 aliphatic rings. The molecule has 3 nitrogen and oxygen atoms in total. The van der Waals surface area contributed by atoms with E-state index in [1.807, 2.05) is 24.3 Å². The summed E-state index contributed by atoms with van der Waals surface area (Å²) in [5.74, 6) is -1.18. The monoisotopic (exact) mass is 340 g/mol. The summed E-state index contributed by atoms with van der Waals surface area (Å²) in [7, 11) is 0. The smallest absolute Gasteiger partial charge is 0.311 e. The lowest BCUT2D eigenvalue weighted by molar-refractivity contribution is -0.182. The quantitative estimate of drug-likeness (QED) is 0.910. The van der Waals surface area contributed by atoms with E-state index in [1.54, 1.807) is 4.90 Å². The molecule has 0 atom stereocenters. The van der Waals surface area contributed by atoms with E-state index in [0.29, 0.717) is 19.4 Å². The third kappa shape index (κ3) is 3.91. The SMILES string of the molecule is O=C(CNC1CCC(C(F)(F)F)CC1)N1CCCc2ccccc21. The molecule has 1 aliphatic heterocycles. The first-order chi connectivity index (χ1) is 11.4. The van der Waals surface area contributed by atoms with Crippen molar-refractivity contribution >= 4 is 11.6 Å². The van der Waals surface area contributed by atoms with Crippen molar-refractivity contribution in [3.8, 4) is 0 Å². The zero-order valence-corrected chi connectivity index (χ0v) is 13.6. The molecule has 1 amide bonds. The molecule has 1 saturated carbocycles. The van der Waals surface area contributed by atoms with Gasteiger partial charge in [0.15, 0.2) is 0 Å². The molecule has 1 heterocycles. The number of hydrogen-bond donors (Lipinski definition) is 1. The molecule has 1 aromatic carbocycles. The Hall–Kier alpha value is -1.56. The zero-order valence-electron chi connectivity index (χ0n) is 13.6. The normalized spacial score (nSPS) is 24.5. The Labute approximate surface area is 140 Å². The highest BCUT2D eigenvalue weighted by atomic mass is 19.4. The maximum Gasteiger partial charge on any atom is 0.391 e. The van der Waals surface area contributed by atoms with Crippen LogP contribution in [0.2, 0.25) is 0 Å². The van der Waals surface area contributed by atoms with Crippen LogP contribution in [0.3, 0.4) is 0 Å². The number of anilines is 1. The lowest BCUT2D eigenvalue weighted by atomic mass is 9.85. The number of hydrogen-bond acceptors (Lipinski definition) is 2. The molecule has 0 spiro atoms. The molecule has 3 rings (SSSR count). The van der Waals surface area contributed by atoms with E-state index in [4.69, 9.17) is 0 Å². The number of benzene rings is 1. The Morgan fingerprint density at radius 3 is 2.58 bits per heavy atom. The van der Waals surface area contributed by atoms with Gasteiger partial charge in [-0.05, 0) is 50.2 Å². The van der Waals surface area contributed by atoms with Gasteiger partial charge in [-0.25, -0.2) is 0 Å². The maximum atomic E-state index is 12.7. The van der Waals surface area contributed by atoms with Gasteiger partial charge in [0.1, 0.15) is 0 Å². The van der Waals surface area contributed by atoms with Crippen molar-refractivity contribution in [2.45, 2.75) is 50.7 Å². The number of alkyl halides is 3. The number of amides is 1. The van der Waals surface area contributed by atoms with Gasteiger partial charge in [0.2, 0.25) is 5.91 Å². The van der Waals surface area contributed by atoms with E-state index in [9.17, 15) is 18.0 Å². The first-order valence-corrected chi connectivity index (χ1v) is 8.63. The number of carbonyl (C=O) groups excluding carboxylic acids is 1. The van der Waals surface area contributed by atoms with Crippen molar-refractivity contribution < 1.29 is 18.0 Å². The fraction of sp³-hybridized carbons (Fsp3) is 0.611. The largest absolute Gasteiger partial charge is 0.391 e. The summed E-state index contributed by atoms with van der Waals surface area (Å²) in [6.45, 7) is 0.897. The second-order valence-electron chi connectivity index (χ2n) is 6.75. The van der Waals surface area contributed by atoms with E-state index >= 15 is 0 Å². The molecular formula is C18H23F3N2O. The van der Waals surface area contributed by atoms with Gasteiger partial charge in [-0.3, -0.25) is 4.79 Å². The minimum absolute atomic E-state index is 0.0000878. The Morgan fingerprint density at radius 2 is 1.88 bits per heavy atom. The summed E-state index contributed by atoms with van der Waals surface area (Å²) >= 11 is 0. The molecule has 0 bridgehead atoms. The number of halogens is 3. The summed E-state index contributed by atoms with van der Waals surface area (Å²) in [6.07, 6.45) is -0.890. The van der Waals surface area contributed by atoms with Gasteiger partial charge in [0.05, 0.1) is 12.5 Å². The molecule has 0 unspecified atom stereocenters. The third-order valence-corrected chi connectivity index (χ3v) is 5.14. The highest BCUT2D eigenvalue weighted by molar-refractivity contribution is 5.95. The highest BCUT2D eigenvalue weighted by Crippen LogP contribution is 2.37. The van der Waals surface area contributed by atoms with Gasteiger partial charge < -0.3 is 10.2 Å². The fourth-order valence-corrected chi connectivity index (χ4v) is 3.74. The molecule has 1 aromatic rings. The van der Waals surface area contributed by atoms with Crippen molar-refractivity contribution in [2.24, 2.45) is 5.92 Å². The fourth-order valence-electron chi connectivity index (χ4n) is 3.74. The van der Waals surface area contributed by atoms with Crippen molar-refractivity contribution in [1.29, 1.82) is 0 Å². The number of fused-ring (bicyclic) bond motifs is 1. The van der Waals surface area contributed by atoms with Crippen molar-refractivity contribution in [1.82, 2.24) is 5.32 Å². The Morgan fingerprint density at radius 1 is 1.17 bits per heavy atom. The molecule has 6 heteroatoms. The molecule has 132 valence electrons. The van der Waals surface area contributed by atoms with Crippen LogP contribution in [0.25, 0.3) is 0 Å². The molecule has 0 radical (unpaired) electrons. The second kappa shape index (κ2) is 7.13. The van der Waals surface area contributed by atoms with Crippen molar-refractivity contribution in [2.75, 3.05) is 18.0 Å². The van der Waals surface area contributed by atoms with Crippen LogP contribution in [0.1, 0.15) is 37.7 Å². The van der Waals surface area contributed by atoms with Crippen LogP contribution in [0.5, 0.6) is 0 Å². The molecule has 0 saturated heterocycles. The van der Waals surface area contributed by atoms with E-state index in [0.717, 1.165) is 18.5 Å². The Balaban J connectivity index is 1.51. The second-order valence-corrected chi connectivity index (χ2v) is 6.75. The number of rotatable bonds is 3. The molecule has 1 N–H and O–H groups in total. The predicted molar refractivity (Wildman–Crippen MR) is 86.9 cm³/mol. The summed E-state index contributed by atoms with van der Waals surface area (Å²) in [6, 6.07) is 7.91. The number of nitrogens with one attached hydrogen (secondary N) is 1. The van der Waals surface area contributed by atoms with Gasteiger partial charge in [0.25, 0.3) is 0 Å². The topological polar surface area (TPSA) is 32.3 Å². The van der Waals surface area contributed by atoms with Gasteiger partial charge >= 0.3 is 6.18 Å². The van der Waals surface area contributed by atoms with Crippen LogP contribution < -0.4 is 10.2 Å². The summed E-state index contributed by atoms with van der Waals surface area (Å²) in [5.41, 5.74) is 2.15. The van der Waals surface area contributed by atoms with Gasteiger partial charge in [-0.15, -0.1) is 0 Å². The highest BCUT2D eigenvalue weighted by Gasteiger charge is 2.41. The van der Waals surface area contributed by atoms with E-state index in [2.05, 4.69) is 5.32 Å². The minimum atomic E-state index is -4.09. The molecule has 24 heavy (non-hydrogen) atoms. The lowest BCUT2D eigenvalue weighted by Crippen LogP contribution is -2.45. The molecular weight excluding hydrogens is 317 g/mol. The van der Waals surface area contributed by atoms with Crippen molar-refractivity contribution in [3.63, 3.8) is 0 Å². The van der Waals surface area contributed by atoms with Crippen LogP contribution in [-0.2, 0) is 11.2 Å². The standard InChI is InChI=1S/C18H23F3N2O/c19-18(20,21)14-7-9-15(10-8-14)22-12-17(24)23-11-3-5-13-4-1-2-6-16(13)23/h1-2,4,6,14-15,22H,3,5,7-12H2. The van der Waals surface area contributed by atoms with Crippen LogP contribution in [0.15, 0.2) is 24.3 Å². The van der Waals surface area contributed by atoms with E-state index in [-0.39, 0.29) is 31.3 Å². The number of carbonyl (C=O) groups is 1. The average Bonchev–Trinajstić information content (AvgIpc) is 2.59. The minimum Gasteiger partial charge on any atom is -0.311 e.